The van der Waals surface area contributed by atoms with E-state index in [1.807, 2.05) is 41.3 Å². The molecule has 6 rings (SSSR count). The van der Waals surface area contributed by atoms with Gasteiger partial charge in [-0.3, -0.25) is 4.79 Å². The van der Waals surface area contributed by atoms with Crippen molar-refractivity contribution in [3.63, 3.8) is 0 Å². The lowest BCUT2D eigenvalue weighted by Crippen LogP contribution is -2.42. The minimum absolute atomic E-state index is 0.00400. The summed E-state index contributed by atoms with van der Waals surface area (Å²) in [6.07, 6.45) is 0.805. The molecule has 7 heteroatoms. The van der Waals surface area contributed by atoms with Gasteiger partial charge in [0.05, 0.1) is 30.3 Å². The van der Waals surface area contributed by atoms with Gasteiger partial charge in [-0.25, -0.2) is 0 Å². The van der Waals surface area contributed by atoms with Crippen LogP contribution in [-0.2, 0) is 0 Å². The van der Waals surface area contributed by atoms with Crippen molar-refractivity contribution in [3.05, 3.63) is 77.4 Å². The fraction of sp³-hybridized carbons (Fsp3) is 0.259. The summed E-state index contributed by atoms with van der Waals surface area (Å²) in [5, 5.41) is 22.7. The van der Waals surface area contributed by atoms with Crippen molar-refractivity contribution >= 4 is 11.6 Å². The second kappa shape index (κ2) is 8.08. The Morgan fingerprint density at radius 1 is 1.06 bits per heavy atom. The van der Waals surface area contributed by atoms with Gasteiger partial charge >= 0.3 is 0 Å². The molecule has 0 spiro atoms. The molecule has 3 heterocycles. The number of carbonyl (C=O) groups excluding carboxylic acids is 1. The molecule has 0 aromatic heterocycles. The predicted octanol–water partition coefficient (Wildman–Crippen LogP) is 3.94. The molecule has 0 radical (unpaired) electrons. The van der Waals surface area contributed by atoms with E-state index in [0.29, 0.717) is 29.2 Å². The number of rotatable bonds is 3. The number of benzene rings is 3. The molecule has 3 aliphatic heterocycles. The van der Waals surface area contributed by atoms with Crippen LogP contribution < -0.4 is 14.8 Å². The molecule has 0 aliphatic carbocycles. The highest BCUT2D eigenvalue weighted by Gasteiger charge is 2.46. The highest BCUT2D eigenvalue weighted by Crippen LogP contribution is 2.48. The lowest BCUT2D eigenvalue weighted by Gasteiger charge is -2.39. The van der Waals surface area contributed by atoms with Crippen LogP contribution >= 0.6 is 0 Å². The number of aliphatic hydroxyl groups is 1. The van der Waals surface area contributed by atoms with E-state index < -0.39 is 0 Å². The van der Waals surface area contributed by atoms with Gasteiger partial charge in [-0.15, -0.1) is 0 Å². The third-order valence-corrected chi connectivity index (χ3v) is 7.10. The first-order valence-electron chi connectivity index (χ1n) is 11.4. The van der Waals surface area contributed by atoms with Gasteiger partial charge in [0.25, 0.3) is 5.91 Å². The molecule has 0 saturated carbocycles. The van der Waals surface area contributed by atoms with Gasteiger partial charge in [0.15, 0.2) is 11.5 Å². The number of fused-ring (bicyclic) bond motifs is 4. The number of anilines is 1. The number of hydrogen-bond acceptors (Lipinski definition) is 6. The molecule has 3 atom stereocenters. The van der Waals surface area contributed by atoms with E-state index in [1.165, 1.54) is 0 Å². The Morgan fingerprint density at radius 3 is 2.65 bits per heavy atom. The van der Waals surface area contributed by atoms with E-state index in [1.54, 1.807) is 18.2 Å². The number of carbonyl (C=O) groups is 1. The third kappa shape index (κ3) is 3.27. The summed E-state index contributed by atoms with van der Waals surface area (Å²) in [5.74, 6) is 1.28. The Hall–Kier alpha value is -4.02. The van der Waals surface area contributed by atoms with Gasteiger partial charge in [0.1, 0.15) is 0 Å². The van der Waals surface area contributed by atoms with E-state index in [9.17, 15) is 9.90 Å². The molecule has 170 valence electrons. The maximum Gasteiger partial charge on any atom is 0.254 e. The molecule has 3 aliphatic rings. The van der Waals surface area contributed by atoms with Crippen LogP contribution in [0.4, 0.5) is 5.69 Å². The number of nitriles is 1. The Labute approximate surface area is 197 Å². The van der Waals surface area contributed by atoms with Gasteiger partial charge in [0, 0.05) is 23.7 Å². The van der Waals surface area contributed by atoms with Crippen LogP contribution in [0.15, 0.2) is 60.7 Å². The molecular formula is C27H23N3O4. The molecule has 7 nitrogen and oxygen atoms in total. The first kappa shape index (κ1) is 20.6. The van der Waals surface area contributed by atoms with Crippen molar-refractivity contribution in [2.24, 2.45) is 5.92 Å². The number of aliphatic hydroxyl groups excluding tert-OH is 1. The number of amides is 1. The minimum atomic E-state index is -0.148. The first-order valence-corrected chi connectivity index (χ1v) is 11.4. The Morgan fingerprint density at radius 2 is 1.85 bits per heavy atom. The lowest BCUT2D eigenvalue weighted by molar-refractivity contribution is 0.0700. The standard InChI is InChI=1S/C27H23N3O4/c28-13-16-1-3-17(4-2-16)18-5-7-22-21(11-18)26-20(23(14-31)29-22)9-10-30(26)27(32)19-6-8-24-25(12-19)34-15-33-24/h1-8,11-12,20,23,26,29,31H,9-10,14-15H2/t20-,23+,26-/m1/s1. The van der Waals surface area contributed by atoms with Crippen molar-refractivity contribution in [1.82, 2.24) is 4.90 Å². The summed E-state index contributed by atoms with van der Waals surface area (Å²) >= 11 is 0. The van der Waals surface area contributed by atoms with Crippen molar-refractivity contribution in [2.45, 2.75) is 18.5 Å². The molecule has 2 N–H and O–H groups in total. The molecular weight excluding hydrogens is 430 g/mol. The number of nitrogens with one attached hydrogen (secondary N) is 1. The van der Waals surface area contributed by atoms with Gasteiger partial charge in [-0.2, -0.15) is 5.26 Å². The van der Waals surface area contributed by atoms with E-state index >= 15 is 0 Å². The number of ether oxygens (including phenoxy) is 2. The predicted molar refractivity (Wildman–Crippen MR) is 126 cm³/mol. The summed E-state index contributed by atoms with van der Waals surface area (Å²) in [6, 6.07) is 20.9. The maximum absolute atomic E-state index is 13.6. The largest absolute Gasteiger partial charge is 0.454 e. The van der Waals surface area contributed by atoms with Crippen molar-refractivity contribution in [1.29, 1.82) is 5.26 Å². The maximum atomic E-state index is 13.6. The summed E-state index contributed by atoms with van der Waals surface area (Å²) in [7, 11) is 0. The van der Waals surface area contributed by atoms with E-state index in [2.05, 4.69) is 17.5 Å². The van der Waals surface area contributed by atoms with Crippen LogP contribution in [0.1, 0.15) is 33.9 Å². The molecule has 1 saturated heterocycles. The highest BCUT2D eigenvalue weighted by molar-refractivity contribution is 5.95. The zero-order valence-corrected chi connectivity index (χ0v) is 18.4. The molecule has 1 fully saturated rings. The molecule has 3 aromatic rings. The van der Waals surface area contributed by atoms with E-state index in [-0.39, 0.29) is 37.3 Å². The van der Waals surface area contributed by atoms with Crippen molar-refractivity contribution in [2.75, 3.05) is 25.3 Å². The fourth-order valence-electron chi connectivity index (χ4n) is 5.40. The monoisotopic (exact) mass is 453 g/mol. The lowest BCUT2D eigenvalue weighted by atomic mass is 9.82. The minimum Gasteiger partial charge on any atom is -0.454 e. The Balaban J connectivity index is 1.39. The van der Waals surface area contributed by atoms with E-state index in [4.69, 9.17) is 14.7 Å². The van der Waals surface area contributed by atoms with Crippen LogP contribution in [0.25, 0.3) is 11.1 Å². The van der Waals surface area contributed by atoms with Crippen molar-refractivity contribution < 1.29 is 19.4 Å². The molecule has 0 bridgehead atoms. The molecule has 34 heavy (non-hydrogen) atoms. The summed E-state index contributed by atoms with van der Waals surface area (Å²) < 4.78 is 10.9. The molecule has 0 unspecified atom stereocenters. The summed E-state index contributed by atoms with van der Waals surface area (Å²) in [6.45, 7) is 0.780. The fourth-order valence-corrected chi connectivity index (χ4v) is 5.40. The van der Waals surface area contributed by atoms with Gasteiger partial charge < -0.3 is 24.8 Å². The van der Waals surface area contributed by atoms with Gasteiger partial charge in [0.2, 0.25) is 6.79 Å². The summed E-state index contributed by atoms with van der Waals surface area (Å²) in [4.78, 5) is 15.6. The SMILES string of the molecule is N#Cc1ccc(-c2ccc3c(c2)[C@H]2[C@H](CCN2C(=O)c2ccc4c(c2)OCO4)[C@H](CO)N3)cc1. The van der Waals surface area contributed by atoms with Gasteiger partial charge in [-0.1, -0.05) is 18.2 Å². The second-order valence-electron chi connectivity index (χ2n) is 8.89. The van der Waals surface area contributed by atoms with Crippen LogP contribution in [0.3, 0.4) is 0 Å². The zero-order chi connectivity index (χ0) is 23.2. The van der Waals surface area contributed by atoms with Crippen LogP contribution in [0, 0.1) is 17.2 Å². The zero-order valence-electron chi connectivity index (χ0n) is 18.4. The van der Waals surface area contributed by atoms with Gasteiger partial charge in [-0.05, 0) is 65.6 Å². The van der Waals surface area contributed by atoms with Crippen LogP contribution in [-0.4, -0.2) is 41.9 Å². The number of hydrogen-bond donors (Lipinski definition) is 2. The smallest absolute Gasteiger partial charge is 0.254 e. The Kier molecular flexibility index (Phi) is 4.89. The van der Waals surface area contributed by atoms with Crippen LogP contribution in [0.2, 0.25) is 0 Å². The second-order valence-corrected chi connectivity index (χ2v) is 8.89. The highest BCUT2D eigenvalue weighted by atomic mass is 16.7. The number of nitrogens with zero attached hydrogens (tertiary/aromatic N) is 2. The van der Waals surface area contributed by atoms with Crippen LogP contribution in [0.5, 0.6) is 11.5 Å². The van der Waals surface area contributed by atoms with Crippen molar-refractivity contribution in [3.8, 4) is 28.7 Å². The molecule has 3 aromatic carbocycles. The summed E-state index contributed by atoms with van der Waals surface area (Å²) in [5.41, 5.74) is 5.19. The number of likely N-dealkylation sites (tertiary alicyclic amines) is 1. The average Bonchev–Trinajstić information content (AvgIpc) is 3.55. The quantitative estimate of drug-likeness (QED) is 0.624. The average molecular weight is 453 g/mol. The normalized spacial score (nSPS) is 21.9. The topological polar surface area (TPSA) is 94.8 Å². The Bertz CT molecular complexity index is 1310. The third-order valence-electron chi connectivity index (χ3n) is 7.10. The first-order chi connectivity index (χ1) is 16.7. The molecule has 1 amide bonds. The van der Waals surface area contributed by atoms with E-state index in [0.717, 1.165) is 28.8 Å².